The van der Waals surface area contributed by atoms with E-state index in [1.54, 1.807) is 13.3 Å². The fourth-order valence-corrected chi connectivity index (χ4v) is 1.54. The van der Waals surface area contributed by atoms with Gasteiger partial charge in [0.05, 0.1) is 19.5 Å². The molecule has 2 rings (SSSR count). The van der Waals surface area contributed by atoms with Gasteiger partial charge in [-0.3, -0.25) is 10.2 Å². The van der Waals surface area contributed by atoms with Gasteiger partial charge in [0, 0.05) is 5.56 Å². The number of hydrogen-bond acceptors (Lipinski definition) is 5. The number of nitrogens with zero attached hydrogens (tertiary/aromatic N) is 2. The quantitative estimate of drug-likeness (QED) is 0.661. The number of para-hydroxylation sites is 1. The molecule has 0 aliphatic rings. The highest BCUT2D eigenvalue weighted by molar-refractivity contribution is 6.32. The lowest BCUT2D eigenvalue weighted by Gasteiger charge is -2.03. The molecule has 0 bridgehead atoms. The molecule has 0 atom stereocenters. The fourth-order valence-electron chi connectivity index (χ4n) is 1.41. The highest BCUT2D eigenvalue weighted by atomic mass is 35.5. The van der Waals surface area contributed by atoms with Crippen LogP contribution in [-0.2, 0) is 0 Å². The lowest BCUT2D eigenvalue weighted by molar-refractivity contribution is 0.414. The minimum atomic E-state index is -0.473. The maximum atomic E-state index is 11.2. The zero-order chi connectivity index (χ0) is 13.7. The molecular weight excluding hydrogens is 268 g/mol. The summed E-state index contributed by atoms with van der Waals surface area (Å²) >= 11 is 5.79. The Morgan fingerprint density at radius 3 is 3.05 bits per heavy atom. The Kier molecular flexibility index (Phi) is 4.15. The summed E-state index contributed by atoms with van der Waals surface area (Å²) in [5, 5.41) is 9.84. The van der Waals surface area contributed by atoms with Gasteiger partial charge in [-0.25, -0.2) is 5.10 Å². The van der Waals surface area contributed by atoms with Crippen molar-refractivity contribution in [1.29, 1.82) is 0 Å². The highest BCUT2D eigenvalue weighted by Crippen LogP contribution is 2.16. The number of hydrazone groups is 1. The van der Waals surface area contributed by atoms with Crippen molar-refractivity contribution in [3.8, 4) is 5.75 Å². The monoisotopic (exact) mass is 278 g/mol. The number of anilines is 1. The molecule has 0 aliphatic carbocycles. The largest absolute Gasteiger partial charge is 0.496 e. The third-order valence-electron chi connectivity index (χ3n) is 2.32. The third-order valence-corrected chi connectivity index (χ3v) is 2.70. The molecule has 2 aromatic rings. The van der Waals surface area contributed by atoms with Crippen LogP contribution in [0.3, 0.4) is 0 Å². The normalized spacial score (nSPS) is 10.6. The Labute approximate surface area is 114 Å². The predicted molar refractivity (Wildman–Crippen MR) is 74.1 cm³/mol. The van der Waals surface area contributed by atoms with E-state index in [2.05, 4.69) is 20.7 Å². The lowest BCUT2D eigenvalue weighted by atomic mass is 10.2. The summed E-state index contributed by atoms with van der Waals surface area (Å²) in [4.78, 5) is 11.2. The molecule has 2 N–H and O–H groups in total. The van der Waals surface area contributed by atoms with Gasteiger partial charge in [0.1, 0.15) is 16.5 Å². The van der Waals surface area contributed by atoms with E-state index in [9.17, 15) is 4.79 Å². The molecule has 0 aliphatic heterocycles. The molecule has 0 radical (unpaired) electrons. The zero-order valence-electron chi connectivity index (χ0n) is 10.1. The van der Waals surface area contributed by atoms with Crippen LogP contribution in [0.15, 0.2) is 40.4 Å². The van der Waals surface area contributed by atoms with E-state index in [0.717, 1.165) is 5.56 Å². The molecule has 0 saturated carbocycles. The topological polar surface area (TPSA) is 79.4 Å². The molecule has 1 aromatic carbocycles. The summed E-state index contributed by atoms with van der Waals surface area (Å²) in [6, 6.07) is 7.40. The maximum Gasteiger partial charge on any atom is 0.285 e. The molecule has 7 heteroatoms. The molecular formula is C12H11ClN4O2. The van der Waals surface area contributed by atoms with Gasteiger partial charge in [-0.05, 0) is 12.1 Å². The average Bonchev–Trinajstić information content (AvgIpc) is 2.44. The molecule has 19 heavy (non-hydrogen) atoms. The summed E-state index contributed by atoms with van der Waals surface area (Å²) in [5.74, 6) is 0.697. The van der Waals surface area contributed by atoms with Gasteiger partial charge in [0.2, 0.25) is 0 Å². The zero-order valence-corrected chi connectivity index (χ0v) is 10.8. The van der Waals surface area contributed by atoms with Crippen LogP contribution in [0.2, 0.25) is 5.02 Å². The van der Waals surface area contributed by atoms with E-state index < -0.39 is 5.56 Å². The van der Waals surface area contributed by atoms with Crippen LogP contribution in [0.4, 0.5) is 5.69 Å². The number of rotatable bonds is 4. The van der Waals surface area contributed by atoms with Gasteiger partial charge in [0.25, 0.3) is 5.56 Å². The van der Waals surface area contributed by atoms with Crippen LogP contribution in [0.25, 0.3) is 0 Å². The molecule has 0 spiro atoms. The summed E-state index contributed by atoms with van der Waals surface area (Å²) in [6.45, 7) is 0. The highest BCUT2D eigenvalue weighted by Gasteiger charge is 2.03. The number of H-pyrrole nitrogens is 1. The van der Waals surface area contributed by atoms with Gasteiger partial charge in [0.15, 0.2) is 0 Å². The summed E-state index contributed by atoms with van der Waals surface area (Å²) in [7, 11) is 1.58. The molecule has 6 nitrogen and oxygen atoms in total. The van der Waals surface area contributed by atoms with Crippen LogP contribution in [0.1, 0.15) is 5.56 Å². The number of benzene rings is 1. The van der Waals surface area contributed by atoms with Crippen molar-refractivity contribution < 1.29 is 4.74 Å². The van der Waals surface area contributed by atoms with Crippen LogP contribution in [-0.4, -0.2) is 23.5 Å². The first-order valence-corrected chi connectivity index (χ1v) is 5.75. The number of hydrogen-bond donors (Lipinski definition) is 2. The fraction of sp³-hybridized carbons (Fsp3) is 0.0833. The molecule has 98 valence electrons. The van der Waals surface area contributed by atoms with Crippen LogP contribution >= 0.6 is 11.6 Å². The summed E-state index contributed by atoms with van der Waals surface area (Å²) in [6.07, 6.45) is 2.94. The van der Waals surface area contributed by atoms with E-state index in [4.69, 9.17) is 16.3 Å². The van der Waals surface area contributed by atoms with Crippen LogP contribution in [0, 0.1) is 0 Å². The Balaban J connectivity index is 2.16. The first kappa shape index (κ1) is 13.1. The average molecular weight is 279 g/mol. The van der Waals surface area contributed by atoms with Gasteiger partial charge >= 0.3 is 0 Å². The predicted octanol–water partition coefficient (Wildman–Crippen LogP) is 1.88. The Morgan fingerprint density at radius 2 is 2.26 bits per heavy atom. The van der Waals surface area contributed by atoms with E-state index in [1.165, 1.54) is 6.20 Å². The van der Waals surface area contributed by atoms with Crippen molar-refractivity contribution >= 4 is 23.5 Å². The molecule has 1 aromatic heterocycles. The van der Waals surface area contributed by atoms with E-state index in [1.807, 2.05) is 24.3 Å². The minimum Gasteiger partial charge on any atom is -0.496 e. The minimum absolute atomic E-state index is 0.00665. The van der Waals surface area contributed by atoms with Gasteiger partial charge in [-0.2, -0.15) is 10.2 Å². The van der Waals surface area contributed by atoms with Crippen molar-refractivity contribution in [2.75, 3.05) is 12.5 Å². The Hall–Kier alpha value is -2.34. The Morgan fingerprint density at radius 1 is 1.47 bits per heavy atom. The summed E-state index contributed by atoms with van der Waals surface area (Å²) < 4.78 is 5.18. The Bertz CT molecular complexity index is 654. The van der Waals surface area contributed by atoms with Crippen molar-refractivity contribution in [2.24, 2.45) is 5.10 Å². The first-order valence-electron chi connectivity index (χ1n) is 5.37. The van der Waals surface area contributed by atoms with E-state index in [-0.39, 0.29) is 5.02 Å². The molecule has 0 amide bonds. The standard InChI is InChI=1S/C12H11ClN4O2/c1-19-10-5-3-2-4-8(10)6-14-16-9-7-15-17-12(18)11(9)13/h2-7H,1H3,(H2,16,17,18)/b14-6+. The van der Waals surface area contributed by atoms with Crippen LogP contribution in [0.5, 0.6) is 5.75 Å². The van der Waals surface area contributed by atoms with E-state index in [0.29, 0.717) is 11.4 Å². The smallest absolute Gasteiger partial charge is 0.285 e. The molecule has 0 saturated heterocycles. The van der Waals surface area contributed by atoms with E-state index >= 15 is 0 Å². The number of aromatic nitrogens is 2. The van der Waals surface area contributed by atoms with Crippen molar-refractivity contribution in [3.63, 3.8) is 0 Å². The number of methoxy groups -OCH3 is 1. The summed E-state index contributed by atoms with van der Waals surface area (Å²) in [5.41, 5.74) is 3.31. The number of aromatic amines is 1. The molecule has 0 fully saturated rings. The maximum absolute atomic E-state index is 11.2. The number of ether oxygens (including phenoxy) is 1. The SMILES string of the molecule is COc1ccccc1/C=N/Nc1cn[nH]c(=O)c1Cl. The van der Waals surface area contributed by atoms with Crippen molar-refractivity contribution in [3.05, 3.63) is 51.4 Å². The van der Waals surface area contributed by atoms with Crippen molar-refractivity contribution in [1.82, 2.24) is 10.2 Å². The molecule has 1 heterocycles. The van der Waals surface area contributed by atoms with Crippen LogP contribution < -0.4 is 15.7 Å². The van der Waals surface area contributed by atoms with Crippen molar-refractivity contribution in [2.45, 2.75) is 0 Å². The second-order valence-electron chi connectivity index (χ2n) is 3.54. The third kappa shape index (κ3) is 3.11. The number of halogens is 1. The second-order valence-corrected chi connectivity index (χ2v) is 3.92. The second kappa shape index (κ2) is 6.01. The first-order chi connectivity index (χ1) is 9.22. The van der Waals surface area contributed by atoms with Gasteiger partial charge in [-0.1, -0.05) is 23.7 Å². The molecule has 0 unspecified atom stereocenters. The van der Waals surface area contributed by atoms with Gasteiger partial charge in [-0.15, -0.1) is 0 Å². The van der Waals surface area contributed by atoms with Gasteiger partial charge < -0.3 is 4.74 Å². The lowest BCUT2D eigenvalue weighted by Crippen LogP contribution is -2.10. The number of nitrogens with one attached hydrogen (secondary N) is 2.